The summed E-state index contributed by atoms with van der Waals surface area (Å²) in [6, 6.07) is 10.1. The second-order valence-corrected chi connectivity index (χ2v) is 8.04. The first kappa shape index (κ1) is 18.1. The van der Waals surface area contributed by atoms with E-state index in [0.717, 1.165) is 69.0 Å². The summed E-state index contributed by atoms with van der Waals surface area (Å²) in [5.41, 5.74) is 0.625. The Labute approximate surface area is 164 Å². The second-order valence-electron chi connectivity index (χ2n) is 7.60. The van der Waals surface area contributed by atoms with Gasteiger partial charge >= 0.3 is 0 Å². The van der Waals surface area contributed by atoms with Crippen molar-refractivity contribution in [2.24, 2.45) is 10.9 Å². The van der Waals surface area contributed by atoms with Crippen molar-refractivity contribution >= 4 is 29.2 Å². The van der Waals surface area contributed by atoms with Crippen molar-refractivity contribution in [3.63, 3.8) is 0 Å². The lowest BCUT2D eigenvalue weighted by atomic mass is 9.72. The average Bonchev–Trinajstić information content (AvgIpc) is 2.69. The Kier molecular flexibility index (Phi) is 4.96. The van der Waals surface area contributed by atoms with Gasteiger partial charge in [-0.25, -0.2) is 4.99 Å². The van der Waals surface area contributed by atoms with E-state index >= 15 is 0 Å². The van der Waals surface area contributed by atoms with Crippen LogP contribution in [0, 0.1) is 17.2 Å². The number of nitrogens with one attached hydrogen (secondary N) is 1. The van der Waals surface area contributed by atoms with Crippen LogP contribution in [0.1, 0.15) is 32.1 Å². The van der Waals surface area contributed by atoms with E-state index in [4.69, 9.17) is 16.6 Å². The third-order valence-electron chi connectivity index (χ3n) is 5.98. The third kappa shape index (κ3) is 3.49. The molecule has 0 radical (unpaired) electrons. The van der Waals surface area contributed by atoms with Crippen LogP contribution in [0.3, 0.4) is 0 Å². The van der Waals surface area contributed by atoms with Crippen LogP contribution >= 0.6 is 11.6 Å². The fraction of sp³-hybridized carbons (Fsp3) is 0.550. The van der Waals surface area contributed by atoms with Crippen molar-refractivity contribution < 1.29 is 4.79 Å². The number of benzene rings is 1. The highest BCUT2D eigenvalue weighted by atomic mass is 35.5. The molecule has 3 aliphatic rings. The molecule has 1 spiro atoms. The molecule has 27 heavy (non-hydrogen) atoms. The zero-order valence-electron chi connectivity index (χ0n) is 15.3. The Morgan fingerprint density at radius 1 is 1.07 bits per heavy atom. The van der Waals surface area contributed by atoms with Gasteiger partial charge in [0.25, 0.3) is 0 Å². The number of aliphatic imine (C=N–C) groups is 1. The fourth-order valence-corrected chi connectivity index (χ4v) is 4.58. The van der Waals surface area contributed by atoms with E-state index in [9.17, 15) is 10.1 Å². The van der Waals surface area contributed by atoms with E-state index in [1.165, 1.54) is 0 Å². The Balaban J connectivity index is 1.49. The number of rotatable bonds is 1. The molecule has 6 nitrogen and oxygen atoms in total. The minimum atomic E-state index is -0.670. The molecule has 1 aromatic carbocycles. The van der Waals surface area contributed by atoms with Gasteiger partial charge in [-0.15, -0.1) is 0 Å². The molecular formula is C20H24ClN5O. The first-order chi connectivity index (χ1) is 13.1. The van der Waals surface area contributed by atoms with Crippen LogP contribution in [0.25, 0.3) is 0 Å². The quantitative estimate of drug-likeness (QED) is 0.806. The Bertz CT molecular complexity index is 771. The van der Waals surface area contributed by atoms with Crippen molar-refractivity contribution in [1.82, 2.24) is 10.2 Å². The molecule has 0 bridgehead atoms. The first-order valence-electron chi connectivity index (χ1n) is 9.67. The topological polar surface area (TPSA) is 71.7 Å². The largest absolute Gasteiger partial charge is 0.368 e. The number of nitriles is 1. The van der Waals surface area contributed by atoms with Crippen molar-refractivity contribution in [2.75, 3.05) is 31.1 Å². The molecule has 1 saturated carbocycles. The SMILES string of the molecule is N#C[C@@H]1C(=O)NC(N2CCN(c3ccc(Cl)cc3)CC2)=NC12CCCCC2. The van der Waals surface area contributed by atoms with Crippen molar-refractivity contribution in [2.45, 2.75) is 37.6 Å². The van der Waals surface area contributed by atoms with E-state index < -0.39 is 11.5 Å². The molecule has 1 aromatic rings. The summed E-state index contributed by atoms with van der Waals surface area (Å²) in [7, 11) is 0. The molecule has 142 valence electrons. The molecular weight excluding hydrogens is 362 g/mol. The van der Waals surface area contributed by atoms with E-state index in [1.807, 2.05) is 24.3 Å². The van der Waals surface area contributed by atoms with E-state index in [1.54, 1.807) is 0 Å². The monoisotopic (exact) mass is 385 g/mol. The van der Waals surface area contributed by atoms with Crippen LogP contribution in [0.2, 0.25) is 5.02 Å². The molecule has 1 aliphatic carbocycles. The van der Waals surface area contributed by atoms with Crippen LogP contribution in [0.15, 0.2) is 29.3 Å². The lowest BCUT2D eigenvalue weighted by molar-refractivity contribution is -0.125. The summed E-state index contributed by atoms with van der Waals surface area (Å²) >= 11 is 5.98. The summed E-state index contributed by atoms with van der Waals surface area (Å²) in [5, 5.41) is 13.2. The molecule has 0 aromatic heterocycles. The zero-order valence-corrected chi connectivity index (χ0v) is 16.1. The van der Waals surface area contributed by atoms with Crippen molar-refractivity contribution in [3.8, 4) is 6.07 Å². The number of amides is 1. The third-order valence-corrected chi connectivity index (χ3v) is 6.23. The number of halogens is 1. The molecule has 1 atom stereocenters. The fourth-order valence-electron chi connectivity index (χ4n) is 4.45. The van der Waals surface area contributed by atoms with Crippen LogP contribution in [-0.4, -0.2) is 48.5 Å². The van der Waals surface area contributed by atoms with Gasteiger partial charge in [0.15, 0.2) is 5.92 Å². The molecule has 2 fully saturated rings. The number of carbonyl (C=O) groups excluding carboxylic acids is 1. The minimum absolute atomic E-state index is 0.190. The van der Waals surface area contributed by atoms with Gasteiger partial charge in [0.05, 0.1) is 11.6 Å². The highest BCUT2D eigenvalue weighted by molar-refractivity contribution is 6.30. The number of nitrogens with zero attached hydrogens (tertiary/aromatic N) is 4. The summed E-state index contributed by atoms with van der Waals surface area (Å²) in [6.45, 7) is 3.28. The number of carbonyl (C=O) groups is 1. The summed E-state index contributed by atoms with van der Waals surface area (Å²) in [5.74, 6) is -0.203. The van der Waals surface area contributed by atoms with Gasteiger partial charge in [-0.2, -0.15) is 5.26 Å². The summed E-state index contributed by atoms with van der Waals surface area (Å²) in [4.78, 5) is 22.0. The Hall–Kier alpha value is -2.26. The normalized spacial score (nSPS) is 25.0. The van der Waals surface area contributed by atoms with Gasteiger partial charge in [-0.3, -0.25) is 10.1 Å². The highest BCUT2D eigenvalue weighted by Crippen LogP contribution is 2.40. The number of piperazine rings is 1. The maximum atomic E-state index is 12.6. The van der Waals surface area contributed by atoms with Gasteiger partial charge in [-0.05, 0) is 37.1 Å². The number of hydrogen-bond donors (Lipinski definition) is 1. The maximum Gasteiger partial charge on any atom is 0.246 e. The van der Waals surface area contributed by atoms with E-state index in [0.29, 0.717) is 5.96 Å². The van der Waals surface area contributed by atoms with E-state index in [2.05, 4.69) is 21.2 Å². The maximum absolute atomic E-state index is 12.6. The van der Waals surface area contributed by atoms with Gasteiger partial charge < -0.3 is 9.80 Å². The predicted octanol–water partition coefficient (Wildman–Crippen LogP) is 2.79. The molecule has 7 heteroatoms. The van der Waals surface area contributed by atoms with Crippen LogP contribution in [0.4, 0.5) is 5.69 Å². The molecule has 1 saturated heterocycles. The van der Waals surface area contributed by atoms with Gasteiger partial charge in [0.1, 0.15) is 0 Å². The van der Waals surface area contributed by atoms with Gasteiger partial charge in [0.2, 0.25) is 11.9 Å². The molecule has 2 aliphatic heterocycles. The van der Waals surface area contributed by atoms with E-state index in [-0.39, 0.29) is 5.91 Å². The number of guanidine groups is 1. The van der Waals surface area contributed by atoms with Crippen molar-refractivity contribution in [3.05, 3.63) is 29.3 Å². The second kappa shape index (κ2) is 7.40. The first-order valence-corrected chi connectivity index (χ1v) is 10.0. The molecule has 4 rings (SSSR count). The number of anilines is 1. The Morgan fingerprint density at radius 3 is 2.33 bits per heavy atom. The summed E-state index contributed by atoms with van der Waals surface area (Å²) < 4.78 is 0. The zero-order chi connectivity index (χ0) is 18.9. The minimum Gasteiger partial charge on any atom is -0.368 e. The van der Waals surface area contributed by atoms with Gasteiger partial charge in [-0.1, -0.05) is 30.9 Å². The standard InChI is InChI=1S/C20H24ClN5O/c21-15-4-6-16(7-5-15)25-10-12-26(13-11-25)19-23-18(27)17(14-22)20(24-19)8-2-1-3-9-20/h4-7,17H,1-3,8-13H2,(H,23,24,27)/t17-/m1/s1. The predicted molar refractivity (Wildman–Crippen MR) is 106 cm³/mol. The van der Waals surface area contributed by atoms with Crippen molar-refractivity contribution in [1.29, 1.82) is 5.26 Å². The van der Waals surface area contributed by atoms with Gasteiger partial charge in [0, 0.05) is 36.9 Å². The highest BCUT2D eigenvalue weighted by Gasteiger charge is 2.48. The molecule has 1 N–H and O–H groups in total. The average molecular weight is 386 g/mol. The lowest BCUT2D eigenvalue weighted by Crippen LogP contribution is -2.60. The van der Waals surface area contributed by atoms with Crippen LogP contribution in [0.5, 0.6) is 0 Å². The van der Waals surface area contributed by atoms with Crippen LogP contribution < -0.4 is 10.2 Å². The number of hydrogen-bond acceptors (Lipinski definition) is 5. The Morgan fingerprint density at radius 2 is 1.70 bits per heavy atom. The molecule has 1 amide bonds. The smallest absolute Gasteiger partial charge is 0.246 e. The summed E-state index contributed by atoms with van der Waals surface area (Å²) in [6.07, 6.45) is 4.88. The molecule has 0 unspecified atom stereocenters. The molecule has 2 heterocycles. The van der Waals surface area contributed by atoms with Crippen LogP contribution in [-0.2, 0) is 4.79 Å². The lowest BCUT2D eigenvalue weighted by Gasteiger charge is -2.44.